The molecule has 3 N–H and O–H groups in total. The van der Waals surface area contributed by atoms with Crippen molar-refractivity contribution in [3.05, 3.63) is 71.4 Å². The molecule has 0 bridgehead atoms. The molecular weight excluding hydrogens is 378 g/mol. The first kappa shape index (κ1) is 20.9. The molecule has 2 aromatic carbocycles. The normalized spacial score (nSPS) is 11.5. The molecule has 0 saturated carbocycles. The third-order valence-electron chi connectivity index (χ3n) is 4.98. The van der Waals surface area contributed by atoms with E-state index in [0.717, 1.165) is 32.5 Å². The maximum Gasteiger partial charge on any atom is 0.315 e. The van der Waals surface area contributed by atoms with Gasteiger partial charge in [-0.1, -0.05) is 48.0 Å². The average Bonchev–Trinajstić information content (AvgIpc) is 3.16. The minimum atomic E-state index is -0.859. The summed E-state index contributed by atoms with van der Waals surface area (Å²) in [6.07, 6.45) is 4.00. The minimum Gasteiger partial charge on any atom is -0.361 e. The number of rotatable bonds is 7. The fourth-order valence-electron chi connectivity index (χ4n) is 3.28. The Balaban J connectivity index is 1.73. The van der Waals surface area contributed by atoms with Crippen LogP contribution in [0.3, 0.4) is 0 Å². The van der Waals surface area contributed by atoms with Gasteiger partial charge < -0.3 is 15.6 Å². The summed E-state index contributed by atoms with van der Waals surface area (Å²) in [5, 5.41) is 15.8. The van der Waals surface area contributed by atoms with E-state index in [9.17, 15) is 14.9 Å². The van der Waals surface area contributed by atoms with Crippen LogP contribution in [-0.2, 0) is 17.8 Å². The minimum absolute atomic E-state index is 0.242. The molecule has 3 rings (SSSR count). The van der Waals surface area contributed by atoms with E-state index in [4.69, 9.17) is 0 Å². The topological polar surface area (TPSA) is 101 Å². The summed E-state index contributed by atoms with van der Waals surface area (Å²) < 4.78 is 0. The number of aromatic nitrogens is 1. The number of nitriles is 1. The van der Waals surface area contributed by atoms with Gasteiger partial charge in [-0.05, 0) is 31.0 Å². The molecule has 0 aliphatic carbocycles. The van der Waals surface area contributed by atoms with Crippen molar-refractivity contribution >= 4 is 22.8 Å². The number of urea groups is 1. The number of amides is 3. The smallest absolute Gasteiger partial charge is 0.315 e. The molecule has 1 atom stereocenters. The van der Waals surface area contributed by atoms with Crippen LogP contribution in [0.1, 0.15) is 23.6 Å². The lowest BCUT2D eigenvalue weighted by Gasteiger charge is -2.22. The molecule has 30 heavy (non-hydrogen) atoms. The van der Waals surface area contributed by atoms with Crippen LogP contribution in [0.15, 0.2) is 54.7 Å². The van der Waals surface area contributed by atoms with E-state index in [1.54, 1.807) is 6.92 Å². The molecule has 1 aromatic heterocycles. The number of carbonyl (C=O) groups is 2. The second-order valence-electron chi connectivity index (χ2n) is 7.11. The van der Waals surface area contributed by atoms with Crippen molar-refractivity contribution in [2.75, 3.05) is 6.54 Å². The molecule has 1 unspecified atom stereocenters. The van der Waals surface area contributed by atoms with E-state index in [-0.39, 0.29) is 13.0 Å². The Hall–Kier alpha value is -3.79. The highest BCUT2D eigenvalue weighted by Crippen LogP contribution is 2.19. The first-order valence-electron chi connectivity index (χ1n) is 9.87. The molecule has 0 spiro atoms. The Morgan fingerprint density at radius 3 is 2.60 bits per heavy atom. The van der Waals surface area contributed by atoms with Crippen LogP contribution in [0, 0.1) is 18.4 Å². The van der Waals surface area contributed by atoms with Crippen molar-refractivity contribution in [1.82, 2.24) is 20.5 Å². The largest absolute Gasteiger partial charge is 0.361 e. The number of hydrogen-bond donors (Lipinski definition) is 3. The second-order valence-corrected chi connectivity index (χ2v) is 7.11. The van der Waals surface area contributed by atoms with E-state index < -0.39 is 18.0 Å². The number of fused-ring (bicyclic) bond motifs is 1. The van der Waals surface area contributed by atoms with Gasteiger partial charge >= 0.3 is 6.03 Å². The molecule has 0 aliphatic rings. The number of carbonyl (C=O) groups excluding carboxylic acids is 2. The van der Waals surface area contributed by atoms with E-state index in [0.29, 0.717) is 6.54 Å². The third-order valence-corrected chi connectivity index (χ3v) is 4.98. The second kappa shape index (κ2) is 9.61. The zero-order valence-electron chi connectivity index (χ0n) is 17.1. The highest BCUT2D eigenvalue weighted by molar-refractivity contribution is 5.90. The Morgan fingerprint density at radius 1 is 1.17 bits per heavy atom. The summed E-state index contributed by atoms with van der Waals surface area (Å²) in [6, 6.07) is 14.3. The van der Waals surface area contributed by atoms with Crippen LogP contribution in [-0.4, -0.2) is 34.4 Å². The van der Waals surface area contributed by atoms with Crippen LogP contribution in [0.25, 0.3) is 10.9 Å². The molecule has 0 aliphatic heterocycles. The Labute approximate surface area is 175 Å². The van der Waals surface area contributed by atoms with Crippen LogP contribution >= 0.6 is 0 Å². The first-order chi connectivity index (χ1) is 14.5. The third kappa shape index (κ3) is 4.97. The number of hydrogen-bond acceptors (Lipinski definition) is 3. The number of aryl methyl sites for hydroxylation is 1. The maximum absolute atomic E-state index is 12.9. The number of para-hydroxylation sites is 1. The van der Waals surface area contributed by atoms with Crippen molar-refractivity contribution in [1.29, 1.82) is 5.26 Å². The SMILES string of the molecule is CCN(C#N)C(=O)C(Cc1c[nH]c2ccccc12)NC(=O)NCc1ccc(C)cc1. The molecule has 7 heteroatoms. The van der Waals surface area contributed by atoms with Crippen molar-refractivity contribution < 1.29 is 9.59 Å². The monoisotopic (exact) mass is 403 g/mol. The van der Waals surface area contributed by atoms with Crippen molar-refractivity contribution in [2.24, 2.45) is 0 Å². The van der Waals surface area contributed by atoms with Gasteiger partial charge in [-0.2, -0.15) is 5.26 Å². The van der Waals surface area contributed by atoms with Crippen LogP contribution in [0.4, 0.5) is 4.79 Å². The van der Waals surface area contributed by atoms with E-state index in [2.05, 4.69) is 15.6 Å². The average molecular weight is 403 g/mol. The van der Waals surface area contributed by atoms with E-state index in [1.807, 2.05) is 67.8 Å². The van der Waals surface area contributed by atoms with Crippen molar-refractivity contribution in [3.63, 3.8) is 0 Å². The zero-order chi connectivity index (χ0) is 21.5. The molecule has 0 saturated heterocycles. The summed E-state index contributed by atoms with van der Waals surface area (Å²) in [5.74, 6) is -0.434. The molecule has 154 valence electrons. The number of aromatic amines is 1. The highest BCUT2D eigenvalue weighted by Gasteiger charge is 2.26. The quantitative estimate of drug-likeness (QED) is 0.417. The molecule has 0 fully saturated rings. The Kier molecular flexibility index (Phi) is 6.71. The summed E-state index contributed by atoms with van der Waals surface area (Å²) >= 11 is 0. The summed E-state index contributed by atoms with van der Waals surface area (Å²) in [5.41, 5.74) is 3.96. The predicted octanol–water partition coefficient (Wildman–Crippen LogP) is 3.22. The van der Waals surface area contributed by atoms with E-state index in [1.165, 1.54) is 0 Å². The van der Waals surface area contributed by atoms with Gasteiger partial charge in [0.2, 0.25) is 0 Å². The molecule has 7 nitrogen and oxygen atoms in total. The van der Waals surface area contributed by atoms with Gasteiger partial charge in [-0.15, -0.1) is 0 Å². The van der Waals surface area contributed by atoms with Gasteiger partial charge in [0.05, 0.1) is 0 Å². The Bertz CT molecular complexity index is 1070. The lowest BCUT2D eigenvalue weighted by Crippen LogP contribution is -2.51. The van der Waals surface area contributed by atoms with Crippen molar-refractivity contribution in [3.8, 4) is 6.19 Å². The fourth-order valence-corrected chi connectivity index (χ4v) is 3.28. The molecular formula is C23H25N5O2. The number of H-pyrrole nitrogens is 1. The molecule has 3 amide bonds. The van der Waals surface area contributed by atoms with Gasteiger partial charge in [0.25, 0.3) is 5.91 Å². The van der Waals surface area contributed by atoms with Gasteiger partial charge in [0, 0.05) is 36.6 Å². The van der Waals surface area contributed by atoms with Gasteiger partial charge in [0.15, 0.2) is 6.19 Å². The molecule has 3 aromatic rings. The zero-order valence-corrected chi connectivity index (χ0v) is 17.1. The van der Waals surface area contributed by atoms with Crippen LogP contribution in [0.2, 0.25) is 0 Å². The molecule has 0 radical (unpaired) electrons. The Morgan fingerprint density at radius 2 is 1.90 bits per heavy atom. The van der Waals surface area contributed by atoms with Crippen molar-refractivity contribution in [2.45, 2.75) is 32.9 Å². The van der Waals surface area contributed by atoms with Crippen LogP contribution in [0.5, 0.6) is 0 Å². The summed E-state index contributed by atoms with van der Waals surface area (Å²) in [4.78, 5) is 29.6. The number of benzene rings is 2. The highest BCUT2D eigenvalue weighted by atomic mass is 16.2. The first-order valence-corrected chi connectivity index (χ1v) is 9.87. The number of nitrogens with one attached hydrogen (secondary N) is 3. The standard InChI is InChI=1S/C23H25N5O2/c1-3-28(15-24)22(29)21(12-18-14-25-20-7-5-4-6-19(18)20)27-23(30)26-13-17-10-8-16(2)9-11-17/h4-11,14,21,25H,3,12-13H2,1-2H3,(H2,26,27,30). The lowest BCUT2D eigenvalue weighted by molar-refractivity contribution is -0.129. The fraction of sp³-hybridized carbons (Fsp3) is 0.261. The van der Waals surface area contributed by atoms with E-state index >= 15 is 0 Å². The maximum atomic E-state index is 12.9. The number of likely N-dealkylation sites (N-methyl/N-ethyl adjacent to an activating group) is 1. The van der Waals surface area contributed by atoms with Gasteiger partial charge in [0.1, 0.15) is 6.04 Å². The molecule has 1 heterocycles. The lowest BCUT2D eigenvalue weighted by atomic mass is 10.0. The summed E-state index contributed by atoms with van der Waals surface area (Å²) in [7, 11) is 0. The van der Waals surface area contributed by atoms with Gasteiger partial charge in [-0.3, -0.25) is 4.79 Å². The van der Waals surface area contributed by atoms with Gasteiger partial charge in [-0.25, -0.2) is 9.69 Å². The number of nitrogens with zero attached hydrogens (tertiary/aromatic N) is 2. The summed E-state index contributed by atoms with van der Waals surface area (Å²) in [6.45, 7) is 4.31. The predicted molar refractivity (Wildman–Crippen MR) is 115 cm³/mol. The van der Waals surface area contributed by atoms with Crippen LogP contribution < -0.4 is 10.6 Å².